The van der Waals surface area contributed by atoms with Crippen LogP contribution in [-0.2, 0) is 9.53 Å². The normalized spacial score (nSPS) is 14.1. The van der Waals surface area contributed by atoms with Gasteiger partial charge in [0.2, 0.25) is 0 Å². The van der Waals surface area contributed by atoms with Gasteiger partial charge in [-0.1, -0.05) is 29.5 Å². The van der Waals surface area contributed by atoms with E-state index in [2.05, 4.69) is 4.99 Å². The van der Waals surface area contributed by atoms with E-state index in [1.165, 1.54) is 29.2 Å². The molecule has 0 aliphatic carbocycles. The minimum Gasteiger partial charge on any atom is -0.497 e. The lowest BCUT2D eigenvalue weighted by atomic mass is 9.97. The number of carbonyl (C=O) groups is 2. The summed E-state index contributed by atoms with van der Waals surface area (Å²) >= 11 is 1.20. The largest absolute Gasteiger partial charge is 0.497 e. The van der Waals surface area contributed by atoms with Crippen molar-refractivity contribution in [2.75, 3.05) is 27.4 Å². The fourth-order valence-electron chi connectivity index (χ4n) is 4.66. The van der Waals surface area contributed by atoms with E-state index in [9.17, 15) is 14.4 Å². The summed E-state index contributed by atoms with van der Waals surface area (Å²) in [5, 5.41) is 0. The third-order valence-electron chi connectivity index (χ3n) is 6.72. The number of carbonyl (C=O) groups excluding carboxylic acids is 2. The first-order chi connectivity index (χ1) is 21.4. The molecule has 0 spiro atoms. The zero-order valence-electron chi connectivity index (χ0n) is 24.6. The molecular weight excluding hydrogens is 584 g/mol. The molecular formula is C33H30N2O8S. The van der Waals surface area contributed by atoms with E-state index < -0.39 is 18.0 Å². The molecule has 11 heteroatoms. The van der Waals surface area contributed by atoms with Crippen molar-refractivity contribution >= 4 is 29.4 Å². The molecule has 3 aromatic carbocycles. The number of hydrogen-bond donors (Lipinski definition) is 0. The molecule has 0 radical (unpaired) electrons. The molecule has 0 fully saturated rings. The number of esters is 2. The van der Waals surface area contributed by atoms with Gasteiger partial charge in [-0.05, 0) is 79.6 Å². The number of aromatic nitrogens is 1. The van der Waals surface area contributed by atoms with E-state index in [0.29, 0.717) is 62.2 Å². The Kier molecular flexibility index (Phi) is 9.25. The predicted octanol–water partition coefficient (Wildman–Crippen LogP) is 4.04. The summed E-state index contributed by atoms with van der Waals surface area (Å²) in [4.78, 5) is 44.0. The summed E-state index contributed by atoms with van der Waals surface area (Å²) in [5.74, 6) is 0.957. The third-order valence-corrected chi connectivity index (χ3v) is 7.72. The molecule has 0 saturated heterocycles. The number of nitrogens with zero attached hydrogens (tertiary/aromatic N) is 2. The lowest BCUT2D eigenvalue weighted by molar-refractivity contribution is -0.136. The zero-order chi connectivity index (χ0) is 31.2. The summed E-state index contributed by atoms with van der Waals surface area (Å²) in [7, 11) is 2.84. The molecule has 0 saturated carbocycles. The number of thiazole rings is 1. The number of ether oxygens (including phenoxy) is 5. The van der Waals surface area contributed by atoms with Gasteiger partial charge in [-0.3, -0.25) is 9.36 Å². The highest BCUT2D eigenvalue weighted by Crippen LogP contribution is 2.35. The van der Waals surface area contributed by atoms with Crippen molar-refractivity contribution in [2.24, 2.45) is 4.99 Å². The van der Waals surface area contributed by atoms with Crippen molar-refractivity contribution in [3.05, 3.63) is 115 Å². The lowest BCUT2D eigenvalue weighted by Gasteiger charge is -2.23. The number of benzene rings is 3. The van der Waals surface area contributed by atoms with Crippen molar-refractivity contribution in [1.29, 1.82) is 0 Å². The average Bonchev–Trinajstić information content (AvgIpc) is 3.36. The number of methoxy groups -OCH3 is 2. The van der Waals surface area contributed by atoms with Crippen molar-refractivity contribution in [3.63, 3.8) is 0 Å². The van der Waals surface area contributed by atoms with Crippen molar-refractivity contribution in [2.45, 2.75) is 19.9 Å². The Morgan fingerprint density at radius 3 is 2.23 bits per heavy atom. The molecule has 2 heterocycles. The van der Waals surface area contributed by atoms with Gasteiger partial charge in [0, 0.05) is 6.20 Å². The Morgan fingerprint density at radius 1 is 0.886 bits per heavy atom. The van der Waals surface area contributed by atoms with E-state index in [4.69, 9.17) is 23.7 Å². The molecule has 0 unspecified atom stereocenters. The van der Waals surface area contributed by atoms with Crippen LogP contribution in [0.4, 0.5) is 0 Å². The second kappa shape index (κ2) is 13.4. The monoisotopic (exact) mass is 614 g/mol. The molecule has 1 aliphatic rings. The predicted molar refractivity (Wildman–Crippen MR) is 164 cm³/mol. The van der Waals surface area contributed by atoms with Gasteiger partial charge < -0.3 is 23.7 Å². The van der Waals surface area contributed by atoms with Crippen molar-refractivity contribution < 1.29 is 33.3 Å². The smallest absolute Gasteiger partial charge is 0.343 e. The van der Waals surface area contributed by atoms with Gasteiger partial charge in [-0.2, -0.15) is 0 Å². The maximum Gasteiger partial charge on any atom is 0.343 e. The highest BCUT2D eigenvalue weighted by atomic mass is 32.1. The topological polar surface area (TPSA) is 115 Å². The van der Waals surface area contributed by atoms with Gasteiger partial charge in [-0.15, -0.1) is 0 Å². The van der Waals surface area contributed by atoms with Gasteiger partial charge in [0.1, 0.15) is 11.5 Å². The summed E-state index contributed by atoms with van der Waals surface area (Å²) < 4.78 is 29.0. The fraction of sp³-hybridized carbons (Fsp3) is 0.212. The number of hydrogen-bond acceptors (Lipinski definition) is 10. The Morgan fingerprint density at radius 2 is 1.57 bits per heavy atom. The number of fused-ring (bicyclic) bond motifs is 1. The highest BCUT2D eigenvalue weighted by Gasteiger charge is 2.31. The van der Waals surface area contributed by atoms with Crippen LogP contribution in [0.1, 0.15) is 41.4 Å². The van der Waals surface area contributed by atoms with Crippen molar-refractivity contribution in [1.82, 2.24) is 4.57 Å². The summed E-state index contributed by atoms with van der Waals surface area (Å²) in [6.07, 6.45) is 3.16. The standard InChI is InChI=1S/C33H30N2O8S/c1-5-41-26-16-11-22(18-27(26)42-6-2)29-25(32(38)40-4)19-34-33-35(29)30(36)28(44-33)17-20-7-12-24(13-8-20)43-31(37)21-9-14-23(39-3)15-10-21/h7-19,29H,5-6H2,1-4H3/b28-17+/t29-/m1/s1. The molecule has 1 aliphatic heterocycles. The molecule has 5 rings (SSSR count). The maximum atomic E-state index is 13.8. The zero-order valence-corrected chi connectivity index (χ0v) is 25.4. The van der Waals surface area contributed by atoms with Crippen LogP contribution in [0, 0.1) is 0 Å². The molecule has 44 heavy (non-hydrogen) atoms. The summed E-state index contributed by atoms with van der Waals surface area (Å²) in [6.45, 7) is 4.60. The third kappa shape index (κ3) is 6.28. The fourth-order valence-corrected chi connectivity index (χ4v) is 5.63. The molecule has 0 N–H and O–H groups in total. The van der Waals surface area contributed by atoms with Crippen LogP contribution in [0.3, 0.4) is 0 Å². The van der Waals surface area contributed by atoms with E-state index in [1.54, 1.807) is 79.9 Å². The van der Waals surface area contributed by atoms with Crippen LogP contribution in [0.15, 0.2) is 88.3 Å². The molecule has 0 bridgehead atoms. The highest BCUT2D eigenvalue weighted by molar-refractivity contribution is 7.07. The summed E-state index contributed by atoms with van der Waals surface area (Å²) in [6, 6.07) is 17.9. The maximum absolute atomic E-state index is 13.8. The lowest BCUT2D eigenvalue weighted by Crippen LogP contribution is -2.39. The Hall–Kier alpha value is -5.16. The first-order valence-corrected chi connectivity index (χ1v) is 14.6. The van der Waals surface area contributed by atoms with Gasteiger partial charge in [0.15, 0.2) is 16.3 Å². The number of rotatable bonds is 10. The quantitative estimate of drug-likeness (QED) is 0.194. The van der Waals surface area contributed by atoms with Crippen LogP contribution < -0.4 is 33.8 Å². The SMILES string of the molecule is CCOc1ccc([C@@H]2C(C(=O)OC)=CN=c3s/c(=C/c4ccc(OC(=O)c5ccc(OC)cc5)cc4)c(=O)n32)cc1OCC. The first kappa shape index (κ1) is 30.3. The molecule has 10 nitrogen and oxygen atoms in total. The van der Waals surface area contributed by atoms with E-state index >= 15 is 0 Å². The van der Waals surface area contributed by atoms with Gasteiger partial charge in [-0.25, -0.2) is 14.6 Å². The molecule has 1 atom stereocenters. The molecule has 4 aromatic rings. The van der Waals surface area contributed by atoms with Crippen LogP contribution >= 0.6 is 11.3 Å². The minimum atomic E-state index is -0.796. The second-order valence-corrected chi connectivity index (χ2v) is 10.4. The van der Waals surface area contributed by atoms with Crippen molar-refractivity contribution in [3.8, 4) is 23.0 Å². The second-order valence-electron chi connectivity index (χ2n) is 9.44. The minimum absolute atomic E-state index is 0.209. The first-order valence-electron chi connectivity index (χ1n) is 13.8. The van der Waals surface area contributed by atoms with Gasteiger partial charge >= 0.3 is 11.9 Å². The van der Waals surface area contributed by atoms with Crippen LogP contribution in [0.2, 0.25) is 0 Å². The molecule has 0 amide bonds. The van der Waals surface area contributed by atoms with Gasteiger partial charge in [0.25, 0.3) is 5.56 Å². The van der Waals surface area contributed by atoms with E-state index in [-0.39, 0.29) is 11.1 Å². The van der Waals surface area contributed by atoms with Crippen LogP contribution in [-0.4, -0.2) is 43.9 Å². The van der Waals surface area contributed by atoms with Crippen LogP contribution in [0.5, 0.6) is 23.0 Å². The molecule has 1 aromatic heterocycles. The molecule has 226 valence electrons. The Bertz CT molecular complexity index is 1890. The van der Waals surface area contributed by atoms with E-state index in [1.807, 2.05) is 13.8 Å². The van der Waals surface area contributed by atoms with Crippen LogP contribution in [0.25, 0.3) is 6.08 Å². The average molecular weight is 615 g/mol. The Balaban J connectivity index is 1.47. The van der Waals surface area contributed by atoms with E-state index in [0.717, 1.165) is 0 Å². The Labute approximate surface area is 257 Å². The summed E-state index contributed by atoms with van der Waals surface area (Å²) in [5.41, 5.74) is 1.62. The van der Waals surface area contributed by atoms with Gasteiger partial charge in [0.05, 0.1) is 49.1 Å².